The van der Waals surface area contributed by atoms with Crippen LogP contribution in [0.5, 0.6) is 0 Å². The third kappa shape index (κ3) is 14.6. The third-order valence-electron chi connectivity index (χ3n) is 21.7. The van der Waals surface area contributed by atoms with Gasteiger partial charge in [-0.05, 0) is 214 Å². The van der Waals surface area contributed by atoms with Gasteiger partial charge < -0.3 is 0 Å². The van der Waals surface area contributed by atoms with Crippen LogP contribution in [0.25, 0.3) is 164 Å². The summed E-state index contributed by atoms with van der Waals surface area (Å²) in [4.78, 5) is 0. The normalized spacial score (nSPS) is 12.3. The van der Waals surface area contributed by atoms with Gasteiger partial charge in [0.2, 0.25) is 0 Å². The first kappa shape index (κ1) is 78.5. The number of benzene rings is 15. The van der Waals surface area contributed by atoms with E-state index < -0.39 is 45.9 Å². The Morgan fingerprint density at radius 2 is 0.500 bits per heavy atom. The summed E-state index contributed by atoms with van der Waals surface area (Å²) in [5.74, 6) is -7.33. The smallest absolute Gasteiger partial charge is 0.204 e. The second-order valence-electron chi connectivity index (χ2n) is 33.8. The van der Waals surface area contributed by atoms with Gasteiger partial charge in [-0.3, -0.25) is 0 Å². The Kier molecular flexibility index (Phi) is 20.0. The van der Waals surface area contributed by atoms with Gasteiger partial charge in [-0.2, -0.15) is 13.2 Å². The van der Waals surface area contributed by atoms with Crippen LogP contribution < -0.4 is 0 Å². The molecule has 0 radical (unpaired) electrons. The van der Waals surface area contributed by atoms with E-state index in [4.69, 9.17) is 0 Å². The highest BCUT2D eigenvalue weighted by Gasteiger charge is 2.37. The van der Waals surface area contributed by atoms with Crippen molar-refractivity contribution in [3.05, 3.63) is 299 Å². The fraction of sp³-hybridized carbons (Fsp3) is 0.184. The minimum Gasteiger partial charge on any atom is -0.204 e. The fourth-order valence-corrected chi connectivity index (χ4v) is 16.0. The minimum atomic E-state index is -4.58. The average Bonchev–Trinajstić information content (AvgIpc) is 0.738. The van der Waals surface area contributed by atoms with Crippen molar-refractivity contribution in [1.29, 1.82) is 0 Å². The zero-order valence-corrected chi connectivity index (χ0v) is 66.9. The molecule has 586 valence electrons. The second kappa shape index (κ2) is 30.0. The van der Waals surface area contributed by atoms with Crippen molar-refractivity contribution < 1.29 is 35.1 Å². The molecule has 19 aromatic rings. The first-order chi connectivity index (χ1) is 56.2. The molecule has 20 heteroatoms. The molecule has 0 N–H and O–H groups in total. The lowest BCUT2D eigenvalue weighted by Crippen LogP contribution is -2.12. The quantitative estimate of drug-likeness (QED) is 0.0713. The Morgan fingerprint density at radius 3 is 0.881 bits per heavy atom. The Hall–Kier alpha value is -13.4. The van der Waals surface area contributed by atoms with Crippen molar-refractivity contribution in [3.63, 3.8) is 0 Å². The van der Waals surface area contributed by atoms with Crippen molar-refractivity contribution in [2.75, 3.05) is 0 Å². The van der Waals surface area contributed by atoms with Gasteiger partial charge in [0, 0.05) is 43.8 Å². The summed E-state index contributed by atoms with van der Waals surface area (Å²) in [5.41, 5.74) is 9.70. The van der Waals surface area contributed by atoms with Gasteiger partial charge in [-0.1, -0.05) is 253 Å². The van der Waals surface area contributed by atoms with E-state index in [1.807, 2.05) is 106 Å². The number of hydrogen-bond donors (Lipinski definition) is 0. The molecule has 0 bridgehead atoms. The molecule has 0 spiro atoms. The summed E-state index contributed by atoms with van der Waals surface area (Å²) >= 11 is 0. The highest BCUT2D eigenvalue weighted by Crippen LogP contribution is 2.46. The number of hydrogen-bond acceptors (Lipinski definition) is 12. The van der Waals surface area contributed by atoms with Crippen LogP contribution in [0, 0.1) is 36.0 Å². The van der Waals surface area contributed by atoms with Gasteiger partial charge in [-0.15, -0.1) is 40.8 Å². The molecule has 12 nitrogen and oxygen atoms in total. The van der Waals surface area contributed by atoms with Crippen LogP contribution >= 0.6 is 0 Å². The highest BCUT2D eigenvalue weighted by molar-refractivity contribution is 6.09. The molecule has 0 fully saturated rings. The minimum absolute atomic E-state index is 0.0223. The standard InChI is InChI=1S/C26H20F3N3.C26H23N3.C25H20FN3.C21H15F4N3/c1-25(2,3)21-14-17(12-15-8-4-6-10-18(15)21)23-20-13-16-9-5-7-11-19(16)22(26(27,28)29)24(20)31-32-30-23;1-16-20-11-7-5-10-18(20)14-22-24(16)27-29-28-25(22)19-13-17-9-6-8-12-21(17)23(15-19)26(2,3)4;1-25(2,3)21-14-17(12-15-8-4-6-10-18(15)21)23-20-13-16-9-5-7-11-19(16)22(26)24(20)28-29-27-23;1-21(2,3)13-9-11(8-10-6-4-5-7-12(10)13)19-14-15(22)16(23)17(24)18(25)20(14)27-28-26-19/h4-14H,1-3H3;5-15H,1-4H3;4-14H,1-3H3;4-9H,1-3H3. The molecule has 19 rings (SSSR count). The van der Waals surface area contributed by atoms with Gasteiger partial charge in [0.15, 0.2) is 29.1 Å². The van der Waals surface area contributed by atoms with Gasteiger partial charge in [0.25, 0.3) is 0 Å². The van der Waals surface area contributed by atoms with E-state index in [-0.39, 0.29) is 49.6 Å². The molecule has 0 amide bonds. The number of halogens is 8. The molecule has 4 aromatic heterocycles. The van der Waals surface area contributed by atoms with Crippen molar-refractivity contribution in [2.45, 2.75) is 118 Å². The summed E-state index contributed by atoms with van der Waals surface area (Å²) in [7, 11) is 0. The first-order valence-electron chi connectivity index (χ1n) is 38.5. The van der Waals surface area contributed by atoms with Crippen LogP contribution in [0.15, 0.2) is 237 Å². The zero-order chi connectivity index (χ0) is 83.2. The number of nitrogens with zero attached hydrogens (tertiary/aromatic N) is 12. The largest absolute Gasteiger partial charge is 0.419 e. The molecule has 0 aliphatic carbocycles. The topological polar surface area (TPSA) is 155 Å². The molecule has 0 saturated heterocycles. The lowest BCUT2D eigenvalue weighted by molar-refractivity contribution is -0.135. The van der Waals surface area contributed by atoms with Crippen molar-refractivity contribution in [1.82, 2.24) is 61.6 Å². The number of fused-ring (bicyclic) bond motifs is 11. The second-order valence-corrected chi connectivity index (χ2v) is 33.8. The fourth-order valence-electron chi connectivity index (χ4n) is 16.0. The van der Waals surface area contributed by atoms with Crippen molar-refractivity contribution in [3.8, 4) is 45.0 Å². The SMILES string of the molecule is CC(C)(C)c1cc(-c2nnnc3c(C(F)(F)F)c4ccccc4cc23)cc2ccccc12.CC(C)(C)c1cc(-c2nnnc3c(F)c(F)c(F)c(F)c23)cc2ccccc12.CC(C)(C)c1cc(-c2nnnc3c(F)c4ccccc4cc23)cc2ccccc12.Cc1c2ccccc2cc2c(-c3cc(C(C)(C)C)c4ccccc4c3)nnnc12. The molecule has 0 saturated carbocycles. The maximum atomic E-state index is 15.2. The number of aromatic nitrogens is 12. The number of alkyl halides is 3. The Labute approximate surface area is 674 Å². The Bertz CT molecular complexity index is 7050. The summed E-state index contributed by atoms with van der Waals surface area (Å²) in [6, 6.07) is 76.9. The molecule has 0 aliphatic rings. The molecule has 118 heavy (non-hydrogen) atoms. The Balaban J connectivity index is 0.000000118. The summed E-state index contributed by atoms with van der Waals surface area (Å²) in [6.07, 6.45) is -4.58. The van der Waals surface area contributed by atoms with E-state index in [0.29, 0.717) is 38.5 Å². The van der Waals surface area contributed by atoms with E-state index >= 15 is 4.39 Å². The van der Waals surface area contributed by atoms with Gasteiger partial charge >= 0.3 is 6.18 Å². The molecule has 0 aliphatic heterocycles. The van der Waals surface area contributed by atoms with Gasteiger partial charge in [0.1, 0.15) is 44.8 Å². The van der Waals surface area contributed by atoms with E-state index in [2.05, 4.69) is 234 Å². The average molecular weight is 1580 g/mol. The predicted octanol–water partition coefficient (Wildman–Crippen LogP) is 26.1. The van der Waals surface area contributed by atoms with Gasteiger partial charge in [0.05, 0.1) is 10.9 Å². The molecular weight excluding hydrogens is 1500 g/mol. The van der Waals surface area contributed by atoms with Crippen LogP contribution in [0.4, 0.5) is 35.1 Å². The first-order valence-corrected chi connectivity index (χ1v) is 38.5. The van der Waals surface area contributed by atoms with E-state index in [0.717, 1.165) is 82.3 Å². The van der Waals surface area contributed by atoms with Crippen LogP contribution in [0.2, 0.25) is 0 Å². The summed E-state index contributed by atoms with van der Waals surface area (Å²) in [6.45, 7) is 27.9. The van der Waals surface area contributed by atoms with Crippen LogP contribution in [-0.2, 0) is 27.8 Å². The number of rotatable bonds is 4. The maximum Gasteiger partial charge on any atom is 0.419 e. The van der Waals surface area contributed by atoms with E-state index in [9.17, 15) is 30.7 Å². The molecule has 0 atom stereocenters. The van der Waals surface area contributed by atoms with E-state index in [1.54, 1.807) is 42.5 Å². The Morgan fingerprint density at radius 1 is 0.229 bits per heavy atom. The summed E-state index contributed by atoms with van der Waals surface area (Å²) < 4.78 is 114. The lowest BCUT2D eigenvalue weighted by atomic mass is 9.82. The van der Waals surface area contributed by atoms with Crippen LogP contribution in [0.3, 0.4) is 0 Å². The van der Waals surface area contributed by atoms with Crippen LogP contribution in [-0.4, -0.2) is 61.6 Å². The summed E-state index contributed by atoms with van der Waals surface area (Å²) in [5, 5.41) is 62.4. The lowest BCUT2D eigenvalue weighted by Gasteiger charge is -2.23. The molecule has 0 unspecified atom stereocenters. The molecule has 4 heterocycles. The predicted molar refractivity (Wildman–Crippen MR) is 458 cm³/mol. The van der Waals surface area contributed by atoms with Crippen molar-refractivity contribution in [2.24, 2.45) is 0 Å². The van der Waals surface area contributed by atoms with Crippen LogP contribution in [0.1, 0.15) is 116 Å². The van der Waals surface area contributed by atoms with Gasteiger partial charge in [-0.25, -0.2) is 22.0 Å². The monoisotopic (exact) mass is 1570 g/mol. The zero-order valence-electron chi connectivity index (χ0n) is 66.9. The maximum absolute atomic E-state index is 15.2. The number of aryl methyl sites for hydroxylation is 1. The molecular formula is C98H78F8N12. The third-order valence-corrected chi connectivity index (χ3v) is 21.7. The molecule has 15 aromatic carbocycles. The van der Waals surface area contributed by atoms with Crippen molar-refractivity contribution >= 4 is 119 Å². The highest BCUT2D eigenvalue weighted by atomic mass is 19.4. The van der Waals surface area contributed by atoms with E-state index in [1.165, 1.54) is 44.1 Å².